The Kier molecular flexibility index (Phi) is 4.78. The first kappa shape index (κ1) is 15.6. The fraction of sp³-hybridized carbons (Fsp3) is 0.455. The number of hydrogen-bond acceptors (Lipinski definition) is 5. The van der Waals surface area contributed by atoms with Crippen LogP contribution < -0.4 is 11.2 Å². The summed E-state index contributed by atoms with van der Waals surface area (Å²) in [4.78, 5) is 48.5. The molecule has 0 aliphatic rings. The average Bonchev–Trinajstić information content (AvgIpc) is 2.35. The minimum atomic E-state index is -1.49. The summed E-state index contributed by atoms with van der Waals surface area (Å²) in [6.07, 6.45) is -0.936. The quantitative estimate of drug-likeness (QED) is 0.732. The largest absolute Gasteiger partial charge is 0.463 e. The number of esters is 1. The highest BCUT2D eigenvalue weighted by atomic mass is 19.1. The number of likely N-dealkylation sites (N-methyl/N-ethyl adjacent to an activating group) is 1. The second kappa shape index (κ2) is 6.13. The number of carbonyl (C=O) groups is 2. The highest BCUT2D eigenvalue weighted by Crippen LogP contribution is 2.11. The molecule has 9 heteroatoms. The molecule has 0 spiro atoms. The highest BCUT2D eigenvalue weighted by Gasteiger charge is 2.30. The predicted molar refractivity (Wildman–Crippen MR) is 65.4 cm³/mol. The summed E-state index contributed by atoms with van der Waals surface area (Å²) in [5.41, 5.74) is -2.23. The molecule has 20 heavy (non-hydrogen) atoms. The number of rotatable bonds is 4. The molecule has 0 aliphatic heterocycles. The lowest BCUT2D eigenvalue weighted by Crippen LogP contribution is -2.45. The normalized spacial score (nSPS) is 11.8. The minimum absolute atomic E-state index is 0.0155. The van der Waals surface area contributed by atoms with Gasteiger partial charge in [-0.25, -0.2) is 9.59 Å². The van der Waals surface area contributed by atoms with Gasteiger partial charge in [0.25, 0.3) is 5.56 Å². The number of aromatic nitrogens is 2. The number of hydrogen-bond donors (Lipinski definition) is 1. The molecule has 0 saturated carbocycles. The summed E-state index contributed by atoms with van der Waals surface area (Å²) >= 11 is 0. The maximum atomic E-state index is 13.3. The number of amides is 1. The van der Waals surface area contributed by atoms with Gasteiger partial charge in [-0.15, -0.1) is 0 Å². The van der Waals surface area contributed by atoms with E-state index >= 15 is 0 Å². The van der Waals surface area contributed by atoms with Gasteiger partial charge in [0.1, 0.15) is 0 Å². The SMILES string of the molecule is CCOC(=O)C(N(C)C(C)=O)n1cc(F)c(=O)[nH]c1=O. The summed E-state index contributed by atoms with van der Waals surface area (Å²) in [7, 11) is 1.25. The minimum Gasteiger partial charge on any atom is -0.463 e. The van der Waals surface area contributed by atoms with Crippen LogP contribution in [0.25, 0.3) is 0 Å². The molecule has 0 radical (unpaired) electrons. The molecule has 0 fully saturated rings. The van der Waals surface area contributed by atoms with E-state index in [1.165, 1.54) is 14.0 Å². The van der Waals surface area contributed by atoms with Crippen LogP contribution in [-0.4, -0.2) is 40.0 Å². The van der Waals surface area contributed by atoms with Crippen molar-refractivity contribution in [2.24, 2.45) is 0 Å². The molecule has 8 nitrogen and oxygen atoms in total. The van der Waals surface area contributed by atoms with E-state index in [2.05, 4.69) is 0 Å². The van der Waals surface area contributed by atoms with Gasteiger partial charge in [-0.3, -0.25) is 19.1 Å². The maximum Gasteiger partial charge on any atom is 0.350 e. The molecule has 0 aliphatic carbocycles. The van der Waals surface area contributed by atoms with Crippen LogP contribution >= 0.6 is 0 Å². The van der Waals surface area contributed by atoms with Gasteiger partial charge in [0.2, 0.25) is 17.9 Å². The van der Waals surface area contributed by atoms with Crippen LogP contribution in [0.5, 0.6) is 0 Å². The van der Waals surface area contributed by atoms with Gasteiger partial charge < -0.3 is 9.64 Å². The Morgan fingerprint density at radius 1 is 1.50 bits per heavy atom. The zero-order valence-corrected chi connectivity index (χ0v) is 11.2. The van der Waals surface area contributed by atoms with E-state index in [1.54, 1.807) is 11.9 Å². The lowest BCUT2D eigenvalue weighted by molar-refractivity contribution is -0.157. The van der Waals surface area contributed by atoms with E-state index in [1.807, 2.05) is 0 Å². The first-order chi connectivity index (χ1) is 9.29. The van der Waals surface area contributed by atoms with Crippen molar-refractivity contribution in [2.45, 2.75) is 20.0 Å². The van der Waals surface area contributed by atoms with Crippen molar-refractivity contribution in [3.05, 3.63) is 32.9 Å². The molecule has 0 bridgehead atoms. The lowest BCUT2D eigenvalue weighted by Gasteiger charge is -2.26. The number of carbonyl (C=O) groups excluding carboxylic acids is 2. The summed E-state index contributed by atoms with van der Waals surface area (Å²) in [5, 5.41) is 0. The van der Waals surface area contributed by atoms with Crippen LogP contribution in [0.2, 0.25) is 0 Å². The van der Waals surface area contributed by atoms with E-state index in [-0.39, 0.29) is 6.61 Å². The Morgan fingerprint density at radius 3 is 2.60 bits per heavy atom. The third-order valence-electron chi connectivity index (χ3n) is 2.55. The Morgan fingerprint density at radius 2 is 2.10 bits per heavy atom. The molecule has 1 aromatic heterocycles. The van der Waals surface area contributed by atoms with Gasteiger partial charge >= 0.3 is 11.7 Å². The van der Waals surface area contributed by atoms with Gasteiger partial charge in [0, 0.05) is 14.0 Å². The Balaban J connectivity index is 3.41. The van der Waals surface area contributed by atoms with Crippen molar-refractivity contribution in [3.63, 3.8) is 0 Å². The molecule has 1 heterocycles. The van der Waals surface area contributed by atoms with E-state index in [0.29, 0.717) is 10.8 Å². The molecule has 1 unspecified atom stereocenters. The monoisotopic (exact) mass is 287 g/mol. The molecule has 1 amide bonds. The smallest absolute Gasteiger partial charge is 0.350 e. The first-order valence-corrected chi connectivity index (χ1v) is 5.70. The molecule has 110 valence electrons. The molecule has 1 N–H and O–H groups in total. The second-order valence-corrected chi connectivity index (χ2v) is 3.90. The van der Waals surface area contributed by atoms with Crippen molar-refractivity contribution in [1.29, 1.82) is 0 Å². The first-order valence-electron chi connectivity index (χ1n) is 5.70. The molecule has 1 rings (SSSR count). The number of H-pyrrole nitrogens is 1. The molecular formula is C11H14FN3O5. The standard InChI is InChI=1S/C11H14FN3O5/c1-4-20-10(18)9(14(3)6(2)16)15-5-7(12)8(17)13-11(15)19/h5,9H,4H2,1-3H3,(H,13,17,19). The molecule has 1 aromatic rings. The molecule has 1 atom stereocenters. The van der Waals surface area contributed by atoms with Crippen LogP contribution in [0.15, 0.2) is 15.8 Å². The Hall–Kier alpha value is -2.45. The maximum absolute atomic E-state index is 13.3. The van der Waals surface area contributed by atoms with Gasteiger partial charge in [0.05, 0.1) is 12.8 Å². The van der Waals surface area contributed by atoms with E-state index < -0.39 is 35.1 Å². The fourth-order valence-electron chi connectivity index (χ4n) is 1.49. The number of halogens is 1. The topological polar surface area (TPSA) is 101 Å². The van der Waals surface area contributed by atoms with Crippen molar-refractivity contribution >= 4 is 11.9 Å². The van der Waals surface area contributed by atoms with Crippen LogP contribution in [0.3, 0.4) is 0 Å². The molecular weight excluding hydrogens is 273 g/mol. The van der Waals surface area contributed by atoms with Crippen molar-refractivity contribution in [3.8, 4) is 0 Å². The van der Waals surface area contributed by atoms with Gasteiger partial charge in [-0.05, 0) is 6.92 Å². The number of nitrogens with zero attached hydrogens (tertiary/aromatic N) is 2. The van der Waals surface area contributed by atoms with E-state index in [0.717, 1.165) is 4.90 Å². The lowest BCUT2D eigenvalue weighted by atomic mass is 10.4. The number of ether oxygens (including phenoxy) is 1. The summed E-state index contributed by atoms with van der Waals surface area (Å²) in [6, 6.07) is 0. The van der Waals surface area contributed by atoms with Crippen LogP contribution in [0.1, 0.15) is 20.0 Å². The van der Waals surface area contributed by atoms with Crippen molar-refractivity contribution in [2.75, 3.05) is 13.7 Å². The molecule has 0 aromatic carbocycles. The van der Waals surface area contributed by atoms with Gasteiger partial charge in [-0.2, -0.15) is 4.39 Å². The Labute approximate surface area is 112 Å². The predicted octanol–water partition coefficient (Wildman–Crippen LogP) is -0.784. The summed E-state index contributed by atoms with van der Waals surface area (Å²) in [6.45, 7) is 2.72. The second-order valence-electron chi connectivity index (χ2n) is 3.90. The number of aromatic amines is 1. The molecule has 0 saturated heterocycles. The zero-order valence-electron chi connectivity index (χ0n) is 11.2. The number of nitrogens with one attached hydrogen (secondary N) is 1. The van der Waals surface area contributed by atoms with Crippen molar-refractivity contribution < 1.29 is 18.7 Å². The van der Waals surface area contributed by atoms with E-state index in [4.69, 9.17) is 4.74 Å². The van der Waals surface area contributed by atoms with Gasteiger partial charge in [-0.1, -0.05) is 0 Å². The van der Waals surface area contributed by atoms with Crippen molar-refractivity contribution in [1.82, 2.24) is 14.5 Å². The summed E-state index contributed by atoms with van der Waals surface area (Å²) in [5.74, 6) is -2.71. The fourth-order valence-corrected chi connectivity index (χ4v) is 1.49. The van der Waals surface area contributed by atoms with E-state index in [9.17, 15) is 23.6 Å². The third-order valence-corrected chi connectivity index (χ3v) is 2.55. The van der Waals surface area contributed by atoms with Gasteiger partial charge in [0.15, 0.2) is 0 Å². The van der Waals surface area contributed by atoms with Crippen LogP contribution in [-0.2, 0) is 14.3 Å². The third kappa shape index (κ3) is 3.11. The summed E-state index contributed by atoms with van der Waals surface area (Å²) < 4.78 is 18.6. The van der Waals surface area contributed by atoms with Crippen LogP contribution in [0.4, 0.5) is 4.39 Å². The van der Waals surface area contributed by atoms with Crippen LogP contribution in [0, 0.1) is 5.82 Å². The average molecular weight is 287 g/mol. The Bertz CT molecular complexity index is 636. The zero-order chi connectivity index (χ0) is 15.4. The highest BCUT2D eigenvalue weighted by molar-refractivity contribution is 5.81.